The molecule has 4 N–H and O–H groups in total. The molecule has 5 nitrogen and oxygen atoms in total. The zero-order valence-electron chi connectivity index (χ0n) is 7.82. The maximum atomic E-state index is 10.3. The fraction of sp³-hybridized carbons (Fsp3) is 0.875. The molecule has 0 amide bonds. The molecule has 5 heteroatoms. The zero-order chi connectivity index (χ0) is 10.3. The van der Waals surface area contributed by atoms with E-state index >= 15 is 0 Å². The van der Waals surface area contributed by atoms with E-state index in [0.717, 1.165) is 0 Å². The largest absolute Gasteiger partial charge is 0.481 e. The highest BCUT2D eigenvalue weighted by Gasteiger charge is 2.23. The molecule has 0 aromatic rings. The van der Waals surface area contributed by atoms with Crippen LogP contribution in [0.15, 0.2) is 0 Å². The third kappa shape index (κ3) is 5.57. The highest BCUT2D eigenvalue weighted by Crippen LogP contribution is 2.15. The van der Waals surface area contributed by atoms with Crippen LogP contribution in [0.25, 0.3) is 0 Å². The summed E-state index contributed by atoms with van der Waals surface area (Å²) in [4.78, 5) is 10.3. The van der Waals surface area contributed by atoms with E-state index in [1.807, 2.05) is 0 Å². The Morgan fingerprint density at radius 1 is 1.62 bits per heavy atom. The number of hydrogen-bond acceptors (Lipinski definition) is 4. The monoisotopic (exact) mass is 191 g/mol. The molecule has 0 saturated carbocycles. The topological polar surface area (TPSA) is 92.8 Å². The van der Waals surface area contributed by atoms with Crippen molar-refractivity contribution in [3.63, 3.8) is 0 Å². The number of carboxylic acid groups (broad SMARTS) is 1. The summed E-state index contributed by atoms with van der Waals surface area (Å²) in [5.74, 6) is -0.868. The van der Waals surface area contributed by atoms with Gasteiger partial charge in [0.2, 0.25) is 0 Å². The Bertz CT molecular complexity index is 162. The van der Waals surface area contributed by atoms with Crippen LogP contribution in [0.3, 0.4) is 0 Å². The van der Waals surface area contributed by atoms with Gasteiger partial charge < -0.3 is 20.7 Å². The minimum absolute atomic E-state index is 0.0269. The van der Waals surface area contributed by atoms with Gasteiger partial charge in [0, 0.05) is 13.0 Å². The maximum Gasteiger partial charge on any atom is 0.303 e. The van der Waals surface area contributed by atoms with Crippen LogP contribution in [0.1, 0.15) is 19.8 Å². The molecule has 0 saturated heterocycles. The lowest BCUT2D eigenvalue weighted by Crippen LogP contribution is -2.38. The molecular weight excluding hydrogens is 174 g/mol. The predicted molar refractivity (Wildman–Crippen MR) is 47.4 cm³/mol. The summed E-state index contributed by atoms with van der Waals surface area (Å²) in [7, 11) is 0. The van der Waals surface area contributed by atoms with Crippen LogP contribution in [0.5, 0.6) is 0 Å². The van der Waals surface area contributed by atoms with Gasteiger partial charge in [-0.05, 0) is 13.3 Å². The molecule has 0 aliphatic rings. The molecule has 0 rings (SSSR count). The van der Waals surface area contributed by atoms with Gasteiger partial charge in [-0.3, -0.25) is 4.79 Å². The lowest BCUT2D eigenvalue weighted by molar-refractivity contribution is -0.139. The minimum Gasteiger partial charge on any atom is -0.481 e. The number of aliphatic hydroxyl groups is 1. The molecule has 1 unspecified atom stereocenters. The van der Waals surface area contributed by atoms with Crippen molar-refractivity contribution in [1.29, 1.82) is 0 Å². The lowest BCUT2D eigenvalue weighted by atomic mass is 10.0. The number of nitrogens with two attached hydrogens (primary N) is 1. The van der Waals surface area contributed by atoms with Crippen LogP contribution in [-0.4, -0.2) is 41.5 Å². The van der Waals surface area contributed by atoms with Gasteiger partial charge in [0.25, 0.3) is 0 Å². The predicted octanol–water partition coefficient (Wildman–Crippen LogP) is -0.422. The van der Waals surface area contributed by atoms with Crippen LogP contribution in [0.2, 0.25) is 0 Å². The first-order valence-corrected chi connectivity index (χ1v) is 4.21. The van der Waals surface area contributed by atoms with Crippen molar-refractivity contribution in [3.8, 4) is 0 Å². The van der Waals surface area contributed by atoms with Crippen molar-refractivity contribution < 1.29 is 19.7 Å². The van der Waals surface area contributed by atoms with Crippen molar-refractivity contribution in [1.82, 2.24) is 0 Å². The third-order valence-corrected chi connectivity index (χ3v) is 1.84. The normalized spacial score (nSPS) is 15.3. The van der Waals surface area contributed by atoms with Gasteiger partial charge in [-0.1, -0.05) is 0 Å². The quantitative estimate of drug-likeness (QED) is 0.508. The van der Waals surface area contributed by atoms with Gasteiger partial charge in [-0.15, -0.1) is 0 Å². The van der Waals surface area contributed by atoms with Crippen LogP contribution < -0.4 is 5.73 Å². The van der Waals surface area contributed by atoms with Crippen LogP contribution in [0, 0.1) is 0 Å². The van der Waals surface area contributed by atoms with Gasteiger partial charge in [-0.2, -0.15) is 0 Å². The second-order valence-electron chi connectivity index (χ2n) is 3.12. The Labute approximate surface area is 77.5 Å². The number of aliphatic carboxylic acids is 1. The van der Waals surface area contributed by atoms with Gasteiger partial charge in [-0.25, -0.2) is 0 Å². The average Bonchev–Trinajstić information content (AvgIpc) is 2.11. The molecule has 0 aliphatic carbocycles. The van der Waals surface area contributed by atoms with E-state index in [1.165, 1.54) is 0 Å². The fourth-order valence-corrected chi connectivity index (χ4v) is 0.897. The van der Waals surface area contributed by atoms with E-state index in [-0.39, 0.29) is 26.2 Å². The van der Waals surface area contributed by atoms with E-state index in [1.54, 1.807) is 6.92 Å². The summed E-state index contributed by atoms with van der Waals surface area (Å²) in [6.45, 7) is 2.10. The first-order chi connectivity index (χ1) is 6.04. The SMILES string of the molecule is CC(CN)(CCC(=O)O)OCCO. The van der Waals surface area contributed by atoms with Crippen molar-refractivity contribution in [2.24, 2.45) is 5.73 Å². The Kier molecular flexibility index (Phi) is 5.61. The van der Waals surface area contributed by atoms with Crippen molar-refractivity contribution in [3.05, 3.63) is 0 Å². The lowest BCUT2D eigenvalue weighted by Gasteiger charge is -2.27. The van der Waals surface area contributed by atoms with Gasteiger partial charge in [0.15, 0.2) is 0 Å². The molecule has 1 atom stereocenters. The van der Waals surface area contributed by atoms with Crippen molar-refractivity contribution in [2.75, 3.05) is 19.8 Å². The van der Waals surface area contributed by atoms with E-state index in [0.29, 0.717) is 6.42 Å². The minimum atomic E-state index is -0.868. The second kappa shape index (κ2) is 5.90. The Balaban J connectivity index is 3.87. The highest BCUT2D eigenvalue weighted by molar-refractivity contribution is 5.66. The summed E-state index contributed by atoms with van der Waals surface area (Å²) in [6.07, 6.45) is 0.387. The third-order valence-electron chi connectivity index (χ3n) is 1.84. The summed E-state index contributed by atoms with van der Waals surface area (Å²) in [5, 5.41) is 17.0. The molecule has 0 aromatic carbocycles. The Hall–Kier alpha value is -0.650. The number of carbonyl (C=O) groups is 1. The molecule has 0 aromatic heterocycles. The maximum absolute atomic E-state index is 10.3. The molecular formula is C8H17NO4. The molecule has 0 radical (unpaired) electrons. The van der Waals surface area contributed by atoms with E-state index in [4.69, 9.17) is 20.7 Å². The second-order valence-corrected chi connectivity index (χ2v) is 3.12. The van der Waals surface area contributed by atoms with Crippen molar-refractivity contribution >= 4 is 5.97 Å². The number of aliphatic hydroxyl groups excluding tert-OH is 1. The molecule has 0 heterocycles. The molecule has 0 fully saturated rings. The van der Waals surface area contributed by atoms with E-state index in [9.17, 15) is 4.79 Å². The molecule has 13 heavy (non-hydrogen) atoms. The van der Waals surface area contributed by atoms with E-state index < -0.39 is 11.6 Å². The fourth-order valence-electron chi connectivity index (χ4n) is 0.897. The Morgan fingerprint density at radius 3 is 2.62 bits per heavy atom. The summed E-state index contributed by atoms with van der Waals surface area (Å²) < 4.78 is 5.24. The molecule has 0 spiro atoms. The van der Waals surface area contributed by atoms with Crippen LogP contribution in [0.4, 0.5) is 0 Å². The summed E-state index contributed by atoms with van der Waals surface area (Å²) in [6, 6.07) is 0. The summed E-state index contributed by atoms with van der Waals surface area (Å²) >= 11 is 0. The van der Waals surface area contributed by atoms with Gasteiger partial charge >= 0.3 is 5.97 Å². The number of ether oxygens (including phenoxy) is 1. The number of rotatable bonds is 7. The Morgan fingerprint density at radius 2 is 2.23 bits per heavy atom. The first-order valence-electron chi connectivity index (χ1n) is 4.21. The van der Waals surface area contributed by atoms with Crippen LogP contribution in [-0.2, 0) is 9.53 Å². The van der Waals surface area contributed by atoms with E-state index in [2.05, 4.69) is 0 Å². The highest BCUT2D eigenvalue weighted by atomic mass is 16.5. The molecule has 0 bridgehead atoms. The van der Waals surface area contributed by atoms with Crippen molar-refractivity contribution in [2.45, 2.75) is 25.4 Å². The molecule has 0 aliphatic heterocycles. The van der Waals surface area contributed by atoms with Crippen LogP contribution >= 0.6 is 0 Å². The molecule has 78 valence electrons. The average molecular weight is 191 g/mol. The summed E-state index contributed by atoms with van der Waals surface area (Å²) in [5.41, 5.74) is 4.80. The zero-order valence-corrected chi connectivity index (χ0v) is 7.82. The first kappa shape index (κ1) is 12.3. The smallest absolute Gasteiger partial charge is 0.303 e. The standard InChI is InChI=1S/C8H17NO4/c1-8(6-9,13-5-4-10)3-2-7(11)12/h10H,2-6,9H2,1H3,(H,11,12). The van der Waals surface area contributed by atoms with Gasteiger partial charge in [0.05, 0.1) is 18.8 Å². The van der Waals surface area contributed by atoms with Gasteiger partial charge in [0.1, 0.15) is 0 Å². The number of carboxylic acids is 1. The number of hydrogen-bond donors (Lipinski definition) is 3.